The first-order valence-corrected chi connectivity index (χ1v) is 8.68. The largest absolute Gasteiger partial charge is 0.469 e. The molecule has 3 rings (SSSR count). The molecule has 6 nitrogen and oxygen atoms in total. The normalized spacial score (nSPS) is 10.4. The highest BCUT2D eigenvalue weighted by molar-refractivity contribution is 5.92. The van der Waals surface area contributed by atoms with Crippen LogP contribution < -0.4 is 0 Å². The first kappa shape index (κ1) is 18.4. The minimum Gasteiger partial charge on any atom is -0.469 e. The van der Waals surface area contributed by atoms with Crippen molar-refractivity contribution in [3.63, 3.8) is 0 Å². The number of para-hydroxylation sites is 1. The van der Waals surface area contributed by atoms with Crippen molar-refractivity contribution in [3.05, 3.63) is 84.2 Å². The third kappa shape index (κ3) is 4.82. The van der Waals surface area contributed by atoms with Gasteiger partial charge in [0.25, 0.3) is 5.91 Å². The lowest BCUT2D eigenvalue weighted by Gasteiger charge is -2.21. The number of esters is 1. The molecule has 2 aromatic carbocycles. The second-order valence-corrected chi connectivity index (χ2v) is 6.02. The summed E-state index contributed by atoms with van der Waals surface area (Å²) in [7, 11) is 1.34. The summed E-state index contributed by atoms with van der Waals surface area (Å²) in [5.74, 6) is -0.576. The van der Waals surface area contributed by atoms with Crippen LogP contribution in [0, 0.1) is 0 Å². The van der Waals surface area contributed by atoms with Gasteiger partial charge in [-0.15, -0.1) is 0 Å². The van der Waals surface area contributed by atoms with Crippen LogP contribution in [0.3, 0.4) is 0 Å². The molecule has 1 heterocycles. The van der Waals surface area contributed by atoms with Gasteiger partial charge in [-0.2, -0.15) is 5.10 Å². The molecule has 0 bridgehead atoms. The molecule has 6 heteroatoms. The Kier molecular flexibility index (Phi) is 5.99. The Bertz CT molecular complexity index is 891. The lowest BCUT2D eigenvalue weighted by Crippen LogP contribution is -2.33. The Balaban J connectivity index is 1.79. The maximum absolute atomic E-state index is 13.0. The molecule has 1 amide bonds. The van der Waals surface area contributed by atoms with E-state index in [1.165, 1.54) is 7.11 Å². The number of rotatable bonds is 7. The van der Waals surface area contributed by atoms with Crippen LogP contribution in [0.5, 0.6) is 0 Å². The van der Waals surface area contributed by atoms with Crippen LogP contribution in [0.25, 0.3) is 5.69 Å². The van der Waals surface area contributed by atoms with Gasteiger partial charge in [0.15, 0.2) is 5.69 Å². The van der Waals surface area contributed by atoms with Crippen LogP contribution in [-0.2, 0) is 16.1 Å². The average molecular weight is 363 g/mol. The quantitative estimate of drug-likeness (QED) is 0.605. The number of carbonyl (C=O) groups is 2. The number of benzene rings is 2. The molecule has 0 aliphatic carbocycles. The Morgan fingerprint density at radius 2 is 1.67 bits per heavy atom. The maximum Gasteiger partial charge on any atom is 0.307 e. The van der Waals surface area contributed by atoms with Gasteiger partial charge in [0.2, 0.25) is 0 Å². The number of hydrogen-bond acceptors (Lipinski definition) is 4. The Hall–Kier alpha value is -3.41. The Morgan fingerprint density at radius 3 is 2.33 bits per heavy atom. The van der Waals surface area contributed by atoms with Gasteiger partial charge in [-0.25, -0.2) is 4.68 Å². The van der Waals surface area contributed by atoms with Crippen molar-refractivity contribution in [3.8, 4) is 5.69 Å². The van der Waals surface area contributed by atoms with Gasteiger partial charge in [-0.3, -0.25) is 9.59 Å². The maximum atomic E-state index is 13.0. The van der Waals surface area contributed by atoms with Crippen molar-refractivity contribution in [2.24, 2.45) is 0 Å². The number of carbonyl (C=O) groups excluding carboxylic acids is 2. The van der Waals surface area contributed by atoms with Gasteiger partial charge in [0.1, 0.15) is 0 Å². The van der Waals surface area contributed by atoms with Crippen LogP contribution in [0.2, 0.25) is 0 Å². The Labute approximate surface area is 158 Å². The molecule has 3 aromatic rings. The molecular weight excluding hydrogens is 342 g/mol. The third-order valence-electron chi connectivity index (χ3n) is 4.15. The van der Waals surface area contributed by atoms with E-state index in [0.29, 0.717) is 12.2 Å². The van der Waals surface area contributed by atoms with Crippen molar-refractivity contribution >= 4 is 11.9 Å². The lowest BCUT2D eigenvalue weighted by molar-refractivity contribution is -0.140. The van der Waals surface area contributed by atoms with E-state index in [9.17, 15) is 9.59 Å². The zero-order valence-electron chi connectivity index (χ0n) is 15.1. The molecule has 27 heavy (non-hydrogen) atoms. The number of hydrogen-bond donors (Lipinski definition) is 0. The molecule has 0 N–H and O–H groups in total. The fourth-order valence-electron chi connectivity index (χ4n) is 2.71. The molecule has 0 unspecified atom stereocenters. The van der Waals surface area contributed by atoms with Crippen molar-refractivity contribution < 1.29 is 14.3 Å². The summed E-state index contributed by atoms with van der Waals surface area (Å²) in [6, 6.07) is 20.9. The van der Waals surface area contributed by atoms with Gasteiger partial charge in [-0.05, 0) is 23.8 Å². The molecule has 0 aliphatic rings. The van der Waals surface area contributed by atoms with E-state index in [0.717, 1.165) is 11.3 Å². The molecular formula is C21H21N3O3. The topological polar surface area (TPSA) is 64.4 Å². The summed E-state index contributed by atoms with van der Waals surface area (Å²) in [6.07, 6.45) is 1.89. The number of methoxy groups -OCH3 is 1. The summed E-state index contributed by atoms with van der Waals surface area (Å²) < 4.78 is 6.36. The first-order valence-electron chi connectivity index (χ1n) is 8.68. The summed E-state index contributed by atoms with van der Waals surface area (Å²) >= 11 is 0. The van der Waals surface area contributed by atoms with Crippen LogP contribution in [0.15, 0.2) is 72.9 Å². The highest BCUT2D eigenvalue weighted by atomic mass is 16.5. The van der Waals surface area contributed by atoms with E-state index < -0.39 is 0 Å². The summed E-state index contributed by atoms with van der Waals surface area (Å²) in [6.45, 7) is 0.660. The molecule has 0 spiro atoms. The van der Waals surface area contributed by atoms with Gasteiger partial charge < -0.3 is 9.64 Å². The molecule has 0 aliphatic heterocycles. The first-order chi connectivity index (χ1) is 13.2. The molecule has 0 radical (unpaired) electrons. The summed E-state index contributed by atoms with van der Waals surface area (Å²) in [4.78, 5) is 26.1. The van der Waals surface area contributed by atoms with Crippen molar-refractivity contribution in [2.75, 3.05) is 13.7 Å². The second kappa shape index (κ2) is 8.80. The van der Waals surface area contributed by atoms with Gasteiger partial charge in [0, 0.05) is 19.3 Å². The third-order valence-corrected chi connectivity index (χ3v) is 4.15. The van der Waals surface area contributed by atoms with Crippen molar-refractivity contribution in [2.45, 2.75) is 13.0 Å². The molecule has 0 saturated heterocycles. The SMILES string of the molecule is COC(=O)CCN(Cc1ccccc1)C(=O)c1ccn(-c2ccccc2)n1. The highest BCUT2D eigenvalue weighted by Crippen LogP contribution is 2.12. The van der Waals surface area contributed by atoms with Crippen molar-refractivity contribution in [1.82, 2.24) is 14.7 Å². The standard InChI is InChI=1S/C21H21N3O3/c1-27-20(25)13-14-23(16-17-8-4-2-5-9-17)21(26)19-12-15-24(22-19)18-10-6-3-7-11-18/h2-12,15H,13-14,16H2,1H3. The van der Waals surface area contributed by atoms with Gasteiger partial charge >= 0.3 is 5.97 Å². The second-order valence-electron chi connectivity index (χ2n) is 6.02. The van der Waals surface area contributed by atoms with E-state index in [-0.39, 0.29) is 24.8 Å². The zero-order chi connectivity index (χ0) is 19.1. The number of ether oxygens (including phenoxy) is 1. The predicted octanol–water partition coefficient (Wildman–Crippen LogP) is 3.08. The number of nitrogens with zero attached hydrogens (tertiary/aromatic N) is 3. The van der Waals surface area contributed by atoms with Crippen LogP contribution in [-0.4, -0.2) is 40.2 Å². The van der Waals surface area contributed by atoms with Crippen LogP contribution >= 0.6 is 0 Å². The molecule has 138 valence electrons. The lowest BCUT2D eigenvalue weighted by atomic mass is 10.2. The van der Waals surface area contributed by atoms with Crippen molar-refractivity contribution in [1.29, 1.82) is 0 Å². The monoisotopic (exact) mass is 363 g/mol. The van der Waals surface area contributed by atoms with Gasteiger partial charge in [-0.1, -0.05) is 48.5 Å². The highest BCUT2D eigenvalue weighted by Gasteiger charge is 2.20. The van der Waals surface area contributed by atoms with Gasteiger partial charge in [0.05, 0.1) is 19.2 Å². The van der Waals surface area contributed by atoms with E-state index in [4.69, 9.17) is 4.74 Å². The molecule has 0 saturated carbocycles. The zero-order valence-corrected chi connectivity index (χ0v) is 15.1. The van der Waals surface area contributed by atoms with E-state index >= 15 is 0 Å². The smallest absolute Gasteiger partial charge is 0.307 e. The fourth-order valence-corrected chi connectivity index (χ4v) is 2.71. The number of aromatic nitrogens is 2. The molecule has 0 fully saturated rings. The minimum atomic E-state index is -0.351. The summed E-state index contributed by atoms with van der Waals surface area (Å²) in [5.41, 5.74) is 2.19. The average Bonchev–Trinajstić information content (AvgIpc) is 3.22. The van der Waals surface area contributed by atoms with E-state index in [1.807, 2.05) is 60.7 Å². The number of amides is 1. The summed E-state index contributed by atoms with van der Waals surface area (Å²) in [5, 5.41) is 4.40. The molecule has 0 atom stereocenters. The van der Waals surface area contributed by atoms with E-state index in [2.05, 4.69) is 5.10 Å². The minimum absolute atomic E-state index is 0.133. The van der Waals surface area contributed by atoms with Crippen LogP contribution in [0.1, 0.15) is 22.5 Å². The fraction of sp³-hybridized carbons (Fsp3) is 0.190. The predicted molar refractivity (Wildman–Crippen MR) is 101 cm³/mol. The van der Waals surface area contributed by atoms with Crippen LogP contribution in [0.4, 0.5) is 0 Å². The van der Waals surface area contributed by atoms with E-state index in [1.54, 1.807) is 21.8 Å². The Morgan fingerprint density at radius 1 is 1.00 bits per heavy atom. The molecule has 1 aromatic heterocycles.